The fourth-order valence-electron chi connectivity index (χ4n) is 5.60. The summed E-state index contributed by atoms with van der Waals surface area (Å²) in [5.41, 5.74) is 6.47. The Morgan fingerprint density at radius 1 is 0.974 bits per heavy atom. The number of likely N-dealkylation sites (tertiary alicyclic amines) is 1. The summed E-state index contributed by atoms with van der Waals surface area (Å²) in [7, 11) is 0. The van der Waals surface area contributed by atoms with Crippen molar-refractivity contribution >= 4 is 28.0 Å². The van der Waals surface area contributed by atoms with Gasteiger partial charge in [-0.05, 0) is 68.7 Å². The summed E-state index contributed by atoms with van der Waals surface area (Å²) in [6, 6.07) is 21.9. The first-order valence-electron chi connectivity index (χ1n) is 13.3. The van der Waals surface area contributed by atoms with Crippen molar-refractivity contribution in [3.8, 4) is 22.8 Å². The molecule has 3 aromatic heterocycles. The molecule has 1 saturated heterocycles. The van der Waals surface area contributed by atoms with Crippen LogP contribution in [-0.2, 0) is 4.79 Å². The van der Waals surface area contributed by atoms with Crippen molar-refractivity contribution in [3.05, 3.63) is 90.1 Å². The number of aromatic amines is 2. The lowest BCUT2D eigenvalue weighted by atomic mass is 9.99. The third kappa shape index (κ3) is 4.18. The average Bonchev–Trinajstić information content (AvgIpc) is 3.76. The predicted molar refractivity (Wildman–Crippen MR) is 150 cm³/mol. The van der Waals surface area contributed by atoms with Gasteiger partial charge >= 0.3 is 0 Å². The number of nitrogens with one attached hydrogen (secondary N) is 2. The monoisotopic (exact) mass is 516 g/mol. The van der Waals surface area contributed by atoms with E-state index in [9.17, 15) is 4.79 Å². The highest BCUT2D eigenvalue weighted by molar-refractivity contribution is 5.85. The van der Waals surface area contributed by atoms with E-state index in [-0.39, 0.29) is 17.9 Å². The molecule has 0 radical (unpaired) electrons. The molecule has 2 N–H and O–H groups in total. The third-order valence-corrected chi connectivity index (χ3v) is 7.66. The molecule has 7 rings (SSSR count). The second-order valence-corrected chi connectivity index (χ2v) is 10.3. The summed E-state index contributed by atoms with van der Waals surface area (Å²) < 4.78 is 6.15. The van der Waals surface area contributed by atoms with Gasteiger partial charge in [0.05, 0.1) is 40.2 Å². The van der Waals surface area contributed by atoms with Crippen molar-refractivity contribution in [2.75, 3.05) is 6.54 Å². The molecule has 0 saturated carbocycles. The first-order chi connectivity index (χ1) is 19.0. The van der Waals surface area contributed by atoms with E-state index in [0.717, 1.165) is 69.8 Å². The lowest BCUT2D eigenvalue weighted by Crippen LogP contribution is -2.34. The number of amides is 1. The van der Waals surface area contributed by atoms with E-state index in [1.54, 1.807) is 6.20 Å². The Morgan fingerprint density at radius 3 is 2.56 bits per heavy atom. The molecule has 8 heteroatoms. The van der Waals surface area contributed by atoms with Crippen molar-refractivity contribution < 1.29 is 9.21 Å². The zero-order valence-corrected chi connectivity index (χ0v) is 21.8. The normalized spacial score (nSPS) is 16.4. The number of hydrogen-bond acceptors (Lipinski definition) is 5. The Balaban J connectivity index is 1.15. The molecule has 194 valence electrons. The summed E-state index contributed by atoms with van der Waals surface area (Å²) in [6.07, 6.45) is 3.60. The number of imidazole rings is 2. The van der Waals surface area contributed by atoms with Crippen molar-refractivity contribution in [3.63, 3.8) is 0 Å². The van der Waals surface area contributed by atoms with Crippen molar-refractivity contribution in [2.24, 2.45) is 0 Å². The number of aryl methyl sites for hydroxylation is 1. The molecule has 1 amide bonds. The molecule has 4 heterocycles. The summed E-state index contributed by atoms with van der Waals surface area (Å²) in [6.45, 7) is 4.67. The molecule has 2 atom stereocenters. The lowest BCUT2D eigenvalue weighted by Gasteiger charge is -2.26. The maximum Gasteiger partial charge on any atom is 0.230 e. The fraction of sp³-hybridized carbons (Fsp3) is 0.226. The number of carbonyl (C=O) groups excluding carboxylic acids is 1. The van der Waals surface area contributed by atoms with Crippen LogP contribution < -0.4 is 0 Å². The Morgan fingerprint density at radius 2 is 1.72 bits per heavy atom. The van der Waals surface area contributed by atoms with Gasteiger partial charge in [0.1, 0.15) is 11.6 Å². The smallest absolute Gasteiger partial charge is 0.230 e. The number of aromatic nitrogens is 5. The van der Waals surface area contributed by atoms with Gasteiger partial charge in [0, 0.05) is 17.7 Å². The van der Waals surface area contributed by atoms with Crippen LogP contribution in [0, 0.1) is 6.92 Å². The molecule has 0 unspecified atom stereocenters. The SMILES string of the molecule is Cc1nc2ccc(-c3cnc(-c4ccc5nc([C@@H]6CCCN6C(=O)[C@H](C)c6ccccc6)[nH]c5c4)o3)cc2[nH]1. The number of carbonyl (C=O) groups is 1. The van der Waals surface area contributed by atoms with Gasteiger partial charge in [0.25, 0.3) is 0 Å². The lowest BCUT2D eigenvalue weighted by molar-refractivity contribution is -0.133. The van der Waals surface area contributed by atoms with E-state index in [1.165, 1.54) is 0 Å². The van der Waals surface area contributed by atoms with Crippen LogP contribution in [0.2, 0.25) is 0 Å². The maximum absolute atomic E-state index is 13.4. The van der Waals surface area contributed by atoms with Crippen LogP contribution in [0.5, 0.6) is 0 Å². The highest BCUT2D eigenvalue weighted by atomic mass is 16.4. The summed E-state index contributed by atoms with van der Waals surface area (Å²) in [5, 5.41) is 0. The van der Waals surface area contributed by atoms with E-state index >= 15 is 0 Å². The van der Waals surface area contributed by atoms with E-state index in [4.69, 9.17) is 9.40 Å². The van der Waals surface area contributed by atoms with Crippen molar-refractivity contribution in [1.82, 2.24) is 29.8 Å². The topological polar surface area (TPSA) is 104 Å². The number of oxazole rings is 1. The van der Waals surface area contributed by atoms with Crippen LogP contribution in [0.1, 0.15) is 48.9 Å². The standard InChI is InChI=1S/C31H28N6O2/c1-18(20-7-4-3-5-8-20)31(38)37-14-6-9-27(37)29-35-24-13-11-22(16-26(24)36-29)30-32-17-28(39-30)21-10-12-23-25(15-21)34-19(2)33-23/h3-5,7-8,10-13,15-18,27H,6,9,14H2,1-2H3,(H,33,34)(H,35,36)/t18-,27+/m1/s1. The van der Waals surface area contributed by atoms with Gasteiger partial charge < -0.3 is 19.3 Å². The molecule has 0 bridgehead atoms. The first-order valence-corrected chi connectivity index (χ1v) is 13.3. The minimum Gasteiger partial charge on any atom is -0.436 e. The van der Waals surface area contributed by atoms with Crippen molar-refractivity contribution in [1.29, 1.82) is 0 Å². The molecular formula is C31H28N6O2. The zero-order valence-electron chi connectivity index (χ0n) is 21.8. The average molecular weight is 517 g/mol. The molecule has 0 aliphatic carbocycles. The number of fused-ring (bicyclic) bond motifs is 2. The van der Waals surface area contributed by atoms with E-state index in [1.807, 2.05) is 85.5 Å². The van der Waals surface area contributed by atoms with Gasteiger partial charge in [0.15, 0.2) is 5.76 Å². The van der Waals surface area contributed by atoms with E-state index in [0.29, 0.717) is 11.7 Å². The second kappa shape index (κ2) is 9.23. The second-order valence-electron chi connectivity index (χ2n) is 10.3. The van der Waals surface area contributed by atoms with Crippen LogP contribution in [0.3, 0.4) is 0 Å². The minimum atomic E-state index is -0.194. The van der Waals surface area contributed by atoms with Gasteiger partial charge in [0.2, 0.25) is 11.8 Å². The van der Waals surface area contributed by atoms with E-state index < -0.39 is 0 Å². The van der Waals surface area contributed by atoms with Gasteiger partial charge in [-0.2, -0.15) is 0 Å². The molecule has 39 heavy (non-hydrogen) atoms. The van der Waals surface area contributed by atoms with Crippen LogP contribution in [0.4, 0.5) is 0 Å². The minimum absolute atomic E-state index is 0.0612. The first kappa shape index (κ1) is 23.4. The van der Waals surface area contributed by atoms with Crippen molar-refractivity contribution in [2.45, 2.75) is 38.6 Å². The van der Waals surface area contributed by atoms with Gasteiger partial charge in [-0.3, -0.25) is 4.79 Å². The molecule has 1 fully saturated rings. The Bertz CT molecular complexity index is 1820. The van der Waals surface area contributed by atoms with Gasteiger partial charge in [-0.25, -0.2) is 15.0 Å². The van der Waals surface area contributed by atoms with Crippen LogP contribution in [0.15, 0.2) is 77.3 Å². The molecular weight excluding hydrogens is 488 g/mol. The third-order valence-electron chi connectivity index (χ3n) is 7.66. The maximum atomic E-state index is 13.4. The number of rotatable bonds is 5. The largest absolute Gasteiger partial charge is 0.436 e. The fourth-order valence-corrected chi connectivity index (χ4v) is 5.60. The molecule has 3 aromatic carbocycles. The van der Waals surface area contributed by atoms with Crippen LogP contribution >= 0.6 is 0 Å². The molecule has 8 nitrogen and oxygen atoms in total. The summed E-state index contributed by atoms with van der Waals surface area (Å²) in [4.78, 5) is 36.0. The quantitative estimate of drug-likeness (QED) is 0.271. The van der Waals surface area contributed by atoms with E-state index in [2.05, 4.69) is 19.9 Å². The zero-order chi connectivity index (χ0) is 26.5. The molecule has 6 aromatic rings. The summed E-state index contributed by atoms with van der Waals surface area (Å²) in [5.74, 6) is 2.88. The number of benzene rings is 3. The molecule has 1 aliphatic rings. The molecule has 0 spiro atoms. The predicted octanol–water partition coefficient (Wildman–Crippen LogP) is 6.54. The van der Waals surface area contributed by atoms with Crippen LogP contribution in [0.25, 0.3) is 44.8 Å². The molecule has 1 aliphatic heterocycles. The Hall–Kier alpha value is -4.72. The highest BCUT2D eigenvalue weighted by Gasteiger charge is 2.34. The van der Waals surface area contributed by atoms with Gasteiger partial charge in [-0.15, -0.1) is 0 Å². The highest BCUT2D eigenvalue weighted by Crippen LogP contribution is 2.35. The Labute approximate surface area is 225 Å². The summed E-state index contributed by atoms with van der Waals surface area (Å²) >= 11 is 0. The van der Waals surface area contributed by atoms with Crippen LogP contribution in [-0.4, -0.2) is 42.3 Å². The Kier molecular flexibility index (Phi) is 5.54. The number of H-pyrrole nitrogens is 2. The van der Waals surface area contributed by atoms with Gasteiger partial charge in [-0.1, -0.05) is 30.3 Å². The number of hydrogen-bond donors (Lipinski definition) is 2. The number of nitrogens with zero attached hydrogens (tertiary/aromatic N) is 4.